The molecule has 1 heterocycles. The highest BCUT2D eigenvalue weighted by Crippen LogP contribution is 2.44. The standard InChI is InChI=1S/C13H20ClN3/c1-2-17-13(12(14)8-16-17)11-6-3-9(11)7-15-10-4-5-10/h8-11,15H,2-7H2,1H3. The molecule has 3 nitrogen and oxygen atoms in total. The maximum absolute atomic E-state index is 6.27. The first-order valence-corrected chi connectivity index (χ1v) is 7.12. The molecule has 1 aromatic heterocycles. The zero-order chi connectivity index (χ0) is 11.8. The molecule has 4 heteroatoms. The smallest absolute Gasteiger partial charge is 0.0820 e. The average molecular weight is 254 g/mol. The normalized spacial score (nSPS) is 28.1. The van der Waals surface area contributed by atoms with Gasteiger partial charge in [0.15, 0.2) is 0 Å². The van der Waals surface area contributed by atoms with E-state index >= 15 is 0 Å². The Bertz CT molecular complexity index is 397. The van der Waals surface area contributed by atoms with E-state index < -0.39 is 0 Å². The summed E-state index contributed by atoms with van der Waals surface area (Å²) in [6, 6.07) is 0.808. The van der Waals surface area contributed by atoms with Crippen molar-refractivity contribution in [1.82, 2.24) is 15.1 Å². The minimum Gasteiger partial charge on any atom is -0.314 e. The highest BCUT2D eigenvalue weighted by molar-refractivity contribution is 6.31. The molecular formula is C13H20ClN3. The van der Waals surface area contributed by atoms with Gasteiger partial charge in [0.25, 0.3) is 0 Å². The van der Waals surface area contributed by atoms with E-state index in [9.17, 15) is 0 Å². The van der Waals surface area contributed by atoms with Crippen molar-refractivity contribution in [2.45, 2.75) is 51.1 Å². The molecule has 2 unspecified atom stereocenters. The van der Waals surface area contributed by atoms with E-state index in [4.69, 9.17) is 11.6 Å². The molecule has 0 saturated heterocycles. The summed E-state index contributed by atoms with van der Waals surface area (Å²) in [7, 11) is 0. The minimum atomic E-state index is 0.621. The second kappa shape index (κ2) is 4.62. The molecule has 0 spiro atoms. The second-order valence-electron chi connectivity index (χ2n) is 5.32. The van der Waals surface area contributed by atoms with Gasteiger partial charge in [0.2, 0.25) is 0 Å². The van der Waals surface area contributed by atoms with Gasteiger partial charge in [0, 0.05) is 18.5 Å². The Balaban J connectivity index is 1.67. The Morgan fingerprint density at radius 3 is 2.82 bits per heavy atom. The van der Waals surface area contributed by atoms with E-state index in [1.807, 2.05) is 0 Å². The Kier molecular flexibility index (Phi) is 3.14. The van der Waals surface area contributed by atoms with Crippen molar-refractivity contribution in [1.29, 1.82) is 0 Å². The highest BCUT2D eigenvalue weighted by Gasteiger charge is 2.36. The number of rotatable bonds is 5. The van der Waals surface area contributed by atoms with Crippen LogP contribution in [0.3, 0.4) is 0 Å². The van der Waals surface area contributed by atoms with Gasteiger partial charge < -0.3 is 5.32 Å². The summed E-state index contributed by atoms with van der Waals surface area (Å²) >= 11 is 6.27. The summed E-state index contributed by atoms with van der Waals surface area (Å²) in [5, 5.41) is 8.83. The van der Waals surface area contributed by atoms with E-state index in [1.165, 1.54) is 31.4 Å². The van der Waals surface area contributed by atoms with Crippen molar-refractivity contribution >= 4 is 11.6 Å². The fourth-order valence-corrected chi connectivity index (χ4v) is 3.05. The molecule has 1 N–H and O–H groups in total. The molecule has 2 aliphatic carbocycles. The molecule has 17 heavy (non-hydrogen) atoms. The number of aryl methyl sites for hydroxylation is 1. The Morgan fingerprint density at radius 1 is 1.41 bits per heavy atom. The number of nitrogens with zero attached hydrogens (tertiary/aromatic N) is 2. The van der Waals surface area contributed by atoms with Gasteiger partial charge in [-0.25, -0.2) is 0 Å². The van der Waals surface area contributed by atoms with Crippen LogP contribution >= 0.6 is 11.6 Å². The van der Waals surface area contributed by atoms with E-state index in [-0.39, 0.29) is 0 Å². The molecule has 0 amide bonds. The van der Waals surface area contributed by atoms with Crippen LogP contribution in [0.4, 0.5) is 0 Å². The third-order valence-corrected chi connectivity index (χ3v) is 4.44. The fraction of sp³-hybridized carbons (Fsp3) is 0.769. The van der Waals surface area contributed by atoms with Crippen LogP contribution in [0.25, 0.3) is 0 Å². The van der Waals surface area contributed by atoms with E-state index in [0.29, 0.717) is 5.92 Å². The van der Waals surface area contributed by atoms with Crippen LogP contribution in [0.15, 0.2) is 6.20 Å². The van der Waals surface area contributed by atoms with Gasteiger partial charge >= 0.3 is 0 Å². The lowest BCUT2D eigenvalue weighted by Gasteiger charge is -2.37. The molecule has 3 rings (SSSR count). The quantitative estimate of drug-likeness (QED) is 0.875. The number of nitrogens with one attached hydrogen (secondary N) is 1. The first-order chi connectivity index (χ1) is 8.29. The second-order valence-corrected chi connectivity index (χ2v) is 5.73. The number of aromatic nitrogens is 2. The summed E-state index contributed by atoms with van der Waals surface area (Å²) in [5.74, 6) is 1.38. The average Bonchev–Trinajstić information content (AvgIpc) is 3.04. The predicted molar refractivity (Wildman–Crippen MR) is 69.4 cm³/mol. The number of hydrogen-bond donors (Lipinski definition) is 1. The van der Waals surface area contributed by atoms with Crippen molar-refractivity contribution in [3.8, 4) is 0 Å². The largest absolute Gasteiger partial charge is 0.314 e. The van der Waals surface area contributed by atoms with Gasteiger partial charge in [-0.1, -0.05) is 11.6 Å². The topological polar surface area (TPSA) is 29.9 Å². The van der Waals surface area contributed by atoms with Crippen LogP contribution in [0.5, 0.6) is 0 Å². The summed E-state index contributed by atoms with van der Waals surface area (Å²) in [5.41, 5.74) is 1.27. The third kappa shape index (κ3) is 2.23. The summed E-state index contributed by atoms with van der Waals surface area (Å²) < 4.78 is 2.07. The van der Waals surface area contributed by atoms with Crippen LogP contribution in [-0.2, 0) is 6.54 Å². The van der Waals surface area contributed by atoms with E-state index in [0.717, 1.165) is 30.1 Å². The molecule has 2 aliphatic rings. The summed E-state index contributed by atoms with van der Waals surface area (Å²) in [6.45, 7) is 4.20. The monoisotopic (exact) mass is 253 g/mol. The lowest BCUT2D eigenvalue weighted by Crippen LogP contribution is -2.35. The summed E-state index contributed by atoms with van der Waals surface area (Å²) in [6.07, 6.45) is 7.12. The molecule has 0 aliphatic heterocycles. The molecule has 2 fully saturated rings. The Labute approximate surface area is 108 Å². The predicted octanol–water partition coefficient (Wildman–Crippen LogP) is 2.80. The highest BCUT2D eigenvalue weighted by atomic mass is 35.5. The van der Waals surface area contributed by atoms with Crippen LogP contribution in [0.1, 0.15) is 44.2 Å². The number of halogens is 1. The summed E-state index contributed by atoms with van der Waals surface area (Å²) in [4.78, 5) is 0. The van der Waals surface area contributed by atoms with Crippen LogP contribution in [-0.4, -0.2) is 22.4 Å². The molecule has 2 saturated carbocycles. The molecule has 0 radical (unpaired) electrons. The lowest BCUT2D eigenvalue weighted by atomic mass is 9.71. The van der Waals surface area contributed by atoms with Gasteiger partial charge in [0.05, 0.1) is 16.9 Å². The van der Waals surface area contributed by atoms with Gasteiger partial charge in [-0.15, -0.1) is 0 Å². The molecule has 2 atom stereocenters. The lowest BCUT2D eigenvalue weighted by molar-refractivity contribution is 0.233. The molecule has 0 bridgehead atoms. The first kappa shape index (κ1) is 11.5. The number of hydrogen-bond acceptors (Lipinski definition) is 2. The van der Waals surface area contributed by atoms with Crippen LogP contribution in [0.2, 0.25) is 5.02 Å². The van der Waals surface area contributed by atoms with Gasteiger partial charge in [-0.3, -0.25) is 4.68 Å². The third-order valence-electron chi connectivity index (χ3n) is 4.15. The van der Waals surface area contributed by atoms with E-state index in [2.05, 4.69) is 22.0 Å². The first-order valence-electron chi connectivity index (χ1n) is 6.74. The maximum atomic E-state index is 6.27. The van der Waals surface area contributed by atoms with Crippen molar-refractivity contribution in [3.05, 3.63) is 16.9 Å². The van der Waals surface area contributed by atoms with E-state index in [1.54, 1.807) is 6.20 Å². The zero-order valence-corrected chi connectivity index (χ0v) is 11.1. The van der Waals surface area contributed by atoms with Gasteiger partial charge in [-0.2, -0.15) is 5.10 Å². The molecular weight excluding hydrogens is 234 g/mol. The molecule has 94 valence electrons. The zero-order valence-electron chi connectivity index (χ0n) is 10.3. The van der Waals surface area contributed by atoms with Crippen molar-refractivity contribution in [3.63, 3.8) is 0 Å². The van der Waals surface area contributed by atoms with Crippen molar-refractivity contribution < 1.29 is 0 Å². The van der Waals surface area contributed by atoms with Crippen LogP contribution < -0.4 is 5.32 Å². The Morgan fingerprint density at radius 2 is 2.24 bits per heavy atom. The minimum absolute atomic E-state index is 0.621. The maximum Gasteiger partial charge on any atom is 0.0820 e. The van der Waals surface area contributed by atoms with Crippen molar-refractivity contribution in [2.75, 3.05) is 6.54 Å². The van der Waals surface area contributed by atoms with Crippen LogP contribution in [0, 0.1) is 5.92 Å². The Hall–Kier alpha value is -0.540. The molecule has 1 aromatic rings. The molecule has 0 aromatic carbocycles. The SMILES string of the molecule is CCn1ncc(Cl)c1C1CCC1CNC1CC1. The van der Waals surface area contributed by atoms with Gasteiger partial charge in [-0.05, 0) is 45.1 Å². The van der Waals surface area contributed by atoms with Gasteiger partial charge in [0.1, 0.15) is 0 Å². The van der Waals surface area contributed by atoms with Crippen molar-refractivity contribution in [2.24, 2.45) is 5.92 Å². The fourth-order valence-electron chi connectivity index (χ4n) is 2.77.